The molecule has 1 amide bonds. The normalized spacial score (nSPS) is 17.4. The second-order valence-corrected chi connectivity index (χ2v) is 5.47. The number of hydrogen-bond acceptors (Lipinski definition) is 4. The first-order chi connectivity index (χ1) is 10.8. The quantitative estimate of drug-likeness (QED) is 0.857. The standard InChI is InChI=1S/C16H17N5O/c17-11-14-3-1-13(2-4-14)5-6-16(22)20-9-7-15(12-20)21-10-8-18-19-21/h1-4,8,10,15H,5-7,9,12H2. The molecular weight excluding hydrogens is 278 g/mol. The van der Waals surface area contributed by atoms with Crippen molar-refractivity contribution in [3.63, 3.8) is 0 Å². The molecule has 1 aliphatic rings. The Bertz CT molecular complexity index is 672. The fourth-order valence-electron chi connectivity index (χ4n) is 2.75. The van der Waals surface area contributed by atoms with Crippen molar-refractivity contribution in [2.24, 2.45) is 0 Å². The smallest absolute Gasteiger partial charge is 0.222 e. The van der Waals surface area contributed by atoms with Crippen LogP contribution in [0.5, 0.6) is 0 Å². The highest BCUT2D eigenvalue weighted by Crippen LogP contribution is 2.21. The third-order valence-electron chi connectivity index (χ3n) is 4.04. The molecule has 1 fully saturated rings. The molecule has 2 aromatic rings. The van der Waals surface area contributed by atoms with Crippen LogP contribution in [-0.4, -0.2) is 38.9 Å². The fraction of sp³-hybridized carbons (Fsp3) is 0.375. The summed E-state index contributed by atoms with van der Waals surface area (Å²) < 4.78 is 1.83. The van der Waals surface area contributed by atoms with Crippen LogP contribution >= 0.6 is 0 Å². The summed E-state index contributed by atoms with van der Waals surface area (Å²) in [5.74, 6) is 0.173. The zero-order valence-electron chi connectivity index (χ0n) is 12.2. The number of carbonyl (C=O) groups excluding carboxylic acids is 1. The van der Waals surface area contributed by atoms with Crippen LogP contribution in [0.3, 0.4) is 0 Å². The van der Waals surface area contributed by atoms with E-state index in [0.29, 0.717) is 24.9 Å². The number of likely N-dealkylation sites (tertiary alicyclic amines) is 1. The number of rotatable bonds is 4. The Hall–Kier alpha value is -2.68. The van der Waals surface area contributed by atoms with Gasteiger partial charge in [0, 0.05) is 25.7 Å². The van der Waals surface area contributed by atoms with Crippen LogP contribution in [0, 0.1) is 11.3 Å². The average Bonchev–Trinajstić information content (AvgIpc) is 3.23. The first-order valence-electron chi connectivity index (χ1n) is 7.39. The maximum atomic E-state index is 12.3. The van der Waals surface area contributed by atoms with Crippen molar-refractivity contribution in [1.82, 2.24) is 19.9 Å². The predicted octanol–water partition coefficient (Wildman–Crippen LogP) is 1.56. The Kier molecular flexibility index (Phi) is 4.15. The Labute approximate surface area is 129 Å². The maximum Gasteiger partial charge on any atom is 0.222 e. The lowest BCUT2D eigenvalue weighted by Gasteiger charge is -2.16. The first-order valence-corrected chi connectivity index (χ1v) is 7.39. The molecule has 3 rings (SSSR count). The van der Waals surface area contributed by atoms with Crippen LogP contribution < -0.4 is 0 Å². The van der Waals surface area contributed by atoms with Gasteiger partial charge in [0.15, 0.2) is 0 Å². The van der Waals surface area contributed by atoms with Gasteiger partial charge in [0.1, 0.15) is 0 Å². The monoisotopic (exact) mass is 295 g/mol. The first kappa shape index (κ1) is 14.3. The largest absolute Gasteiger partial charge is 0.340 e. The number of carbonyl (C=O) groups is 1. The lowest BCUT2D eigenvalue weighted by Crippen LogP contribution is -2.29. The SMILES string of the molecule is N#Cc1ccc(CCC(=O)N2CCC(n3ccnn3)C2)cc1. The summed E-state index contributed by atoms with van der Waals surface area (Å²) in [5, 5.41) is 16.6. The Morgan fingerprint density at radius 3 is 2.86 bits per heavy atom. The predicted molar refractivity (Wildman–Crippen MR) is 79.7 cm³/mol. The Balaban J connectivity index is 1.51. The van der Waals surface area contributed by atoms with Crippen molar-refractivity contribution in [3.05, 3.63) is 47.8 Å². The van der Waals surface area contributed by atoms with Crippen molar-refractivity contribution in [1.29, 1.82) is 5.26 Å². The van der Waals surface area contributed by atoms with Gasteiger partial charge in [-0.3, -0.25) is 4.79 Å². The highest BCUT2D eigenvalue weighted by Gasteiger charge is 2.27. The summed E-state index contributed by atoms with van der Waals surface area (Å²) in [6.07, 6.45) is 5.63. The van der Waals surface area contributed by atoms with Gasteiger partial charge in [-0.15, -0.1) is 5.10 Å². The summed E-state index contributed by atoms with van der Waals surface area (Å²) >= 11 is 0. The van der Waals surface area contributed by atoms with Gasteiger partial charge in [-0.2, -0.15) is 5.26 Å². The summed E-state index contributed by atoms with van der Waals surface area (Å²) in [5.41, 5.74) is 1.73. The van der Waals surface area contributed by atoms with Gasteiger partial charge in [-0.05, 0) is 30.5 Å². The van der Waals surface area contributed by atoms with Gasteiger partial charge in [0.05, 0.1) is 23.9 Å². The number of aromatic nitrogens is 3. The van der Waals surface area contributed by atoms with Gasteiger partial charge in [-0.25, -0.2) is 4.68 Å². The molecule has 0 spiro atoms. The Morgan fingerprint density at radius 2 is 2.18 bits per heavy atom. The van der Waals surface area contributed by atoms with Crippen LogP contribution in [0.15, 0.2) is 36.7 Å². The molecule has 0 radical (unpaired) electrons. The number of amides is 1. The lowest BCUT2D eigenvalue weighted by molar-refractivity contribution is -0.130. The van der Waals surface area contributed by atoms with Gasteiger partial charge >= 0.3 is 0 Å². The molecule has 0 N–H and O–H groups in total. The van der Waals surface area contributed by atoms with Crippen molar-refractivity contribution >= 4 is 5.91 Å². The number of benzene rings is 1. The number of hydrogen-bond donors (Lipinski definition) is 0. The van der Waals surface area contributed by atoms with E-state index >= 15 is 0 Å². The molecule has 1 aromatic heterocycles. The van der Waals surface area contributed by atoms with E-state index in [1.165, 1.54) is 0 Å². The number of nitriles is 1. The second kappa shape index (κ2) is 6.39. The minimum atomic E-state index is 0.173. The van der Waals surface area contributed by atoms with E-state index in [2.05, 4.69) is 16.4 Å². The van der Waals surface area contributed by atoms with Crippen molar-refractivity contribution in [2.45, 2.75) is 25.3 Å². The summed E-state index contributed by atoms with van der Waals surface area (Å²) in [6.45, 7) is 1.48. The molecule has 0 saturated carbocycles. The van der Waals surface area contributed by atoms with Gasteiger partial charge in [0.2, 0.25) is 5.91 Å². The number of aryl methyl sites for hydroxylation is 1. The zero-order chi connectivity index (χ0) is 15.4. The van der Waals surface area contributed by atoms with Crippen molar-refractivity contribution in [2.75, 3.05) is 13.1 Å². The van der Waals surface area contributed by atoms with E-state index in [1.807, 2.05) is 27.9 Å². The van der Waals surface area contributed by atoms with E-state index in [1.54, 1.807) is 18.3 Å². The summed E-state index contributed by atoms with van der Waals surface area (Å²) in [4.78, 5) is 14.2. The molecule has 0 aliphatic carbocycles. The third kappa shape index (κ3) is 3.14. The second-order valence-electron chi connectivity index (χ2n) is 5.47. The van der Waals surface area contributed by atoms with E-state index in [9.17, 15) is 4.79 Å². The fourth-order valence-corrected chi connectivity index (χ4v) is 2.75. The molecule has 6 heteroatoms. The van der Waals surface area contributed by atoms with Crippen molar-refractivity contribution in [3.8, 4) is 6.07 Å². The molecule has 1 saturated heterocycles. The highest BCUT2D eigenvalue weighted by molar-refractivity contribution is 5.76. The van der Waals surface area contributed by atoms with Crippen LogP contribution in [0.4, 0.5) is 0 Å². The molecule has 6 nitrogen and oxygen atoms in total. The van der Waals surface area contributed by atoms with Crippen LogP contribution in [0.1, 0.15) is 30.0 Å². The molecule has 1 atom stereocenters. The molecule has 0 bridgehead atoms. The van der Waals surface area contributed by atoms with Crippen LogP contribution in [0.25, 0.3) is 0 Å². The van der Waals surface area contributed by atoms with E-state index < -0.39 is 0 Å². The molecule has 1 aliphatic heterocycles. The van der Waals surface area contributed by atoms with Gasteiger partial charge in [0.25, 0.3) is 0 Å². The lowest BCUT2D eigenvalue weighted by atomic mass is 10.1. The average molecular weight is 295 g/mol. The minimum Gasteiger partial charge on any atom is -0.340 e. The van der Waals surface area contributed by atoms with E-state index in [-0.39, 0.29) is 11.9 Å². The third-order valence-corrected chi connectivity index (χ3v) is 4.04. The molecule has 22 heavy (non-hydrogen) atoms. The van der Waals surface area contributed by atoms with Gasteiger partial charge < -0.3 is 4.90 Å². The molecule has 1 aromatic carbocycles. The van der Waals surface area contributed by atoms with Crippen molar-refractivity contribution < 1.29 is 4.79 Å². The summed E-state index contributed by atoms with van der Waals surface area (Å²) in [7, 11) is 0. The molecule has 112 valence electrons. The van der Waals surface area contributed by atoms with E-state index in [0.717, 1.165) is 18.5 Å². The van der Waals surface area contributed by atoms with E-state index in [4.69, 9.17) is 5.26 Å². The van der Waals surface area contributed by atoms with Crippen LogP contribution in [0.2, 0.25) is 0 Å². The Morgan fingerprint density at radius 1 is 1.36 bits per heavy atom. The molecule has 2 heterocycles. The maximum absolute atomic E-state index is 12.3. The molecule has 1 unspecified atom stereocenters. The zero-order valence-corrected chi connectivity index (χ0v) is 12.2. The number of nitrogens with zero attached hydrogens (tertiary/aromatic N) is 5. The van der Waals surface area contributed by atoms with Gasteiger partial charge in [-0.1, -0.05) is 17.3 Å². The summed E-state index contributed by atoms with van der Waals surface area (Å²) in [6, 6.07) is 9.73. The topological polar surface area (TPSA) is 74.8 Å². The highest BCUT2D eigenvalue weighted by atomic mass is 16.2. The molecular formula is C16H17N5O. The minimum absolute atomic E-state index is 0.173. The van der Waals surface area contributed by atoms with Crippen LogP contribution in [-0.2, 0) is 11.2 Å².